The zero-order valence-electron chi connectivity index (χ0n) is 21.9. The molecule has 0 bridgehead atoms. The van der Waals surface area contributed by atoms with Crippen LogP contribution in [0.4, 0.5) is 0 Å². The standard InChI is InChI=1S/C37H26N2/c1-37(2)31-15-7-5-12-28(31)34-30(14-9-16-32(34)37)36-38-33-17-8-6-13-29(33)35(39-36)25-20-21-27-24(22-25)19-18-23-10-3-4-11-26(23)27/h3-22H,1-2H3. The molecular formula is C37H26N2. The minimum Gasteiger partial charge on any atom is -0.228 e. The summed E-state index contributed by atoms with van der Waals surface area (Å²) in [4.78, 5) is 10.4. The first-order chi connectivity index (χ1) is 19.1. The molecule has 0 amide bonds. The molecule has 1 aliphatic rings. The zero-order valence-corrected chi connectivity index (χ0v) is 21.9. The largest absolute Gasteiger partial charge is 0.228 e. The van der Waals surface area contributed by atoms with Gasteiger partial charge >= 0.3 is 0 Å². The molecule has 0 atom stereocenters. The molecular weight excluding hydrogens is 472 g/mol. The van der Waals surface area contributed by atoms with Gasteiger partial charge in [-0.15, -0.1) is 0 Å². The molecule has 184 valence electrons. The van der Waals surface area contributed by atoms with Gasteiger partial charge in [0.25, 0.3) is 0 Å². The van der Waals surface area contributed by atoms with Gasteiger partial charge < -0.3 is 0 Å². The summed E-state index contributed by atoms with van der Waals surface area (Å²) in [6.07, 6.45) is 0. The number of nitrogens with zero attached hydrogens (tertiary/aromatic N) is 2. The SMILES string of the molecule is CC1(C)c2ccccc2-c2c(-c3nc(-c4ccc5c(ccc6ccccc65)c4)c4ccccc4n3)cccc21. The second-order valence-electron chi connectivity index (χ2n) is 11.0. The van der Waals surface area contributed by atoms with E-state index in [2.05, 4.69) is 135 Å². The van der Waals surface area contributed by atoms with Gasteiger partial charge in [0.05, 0.1) is 11.2 Å². The summed E-state index contributed by atoms with van der Waals surface area (Å²) in [5.41, 5.74) is 9.27. The van der Waals surface area contributed by atoms with Crippen LogP contribution in [0.5, 0.6) is 0 Å². The van der Waals surface area contributed by atoms with E-state index in [1.165, 1.54) is 43.8 Å². The maximum atomic E-state index is 5.30. The first kappa shape index (κ1) is 22.2. The lowest BCUT2D eigenvalue weighted by Gasteiger charge is -2.21. The molecule has 2 heteroatoms. The van der Waals surface area contributed by atoms with Crippen LogP contribution in [0, 0.1) is 0 Å². The highest BCUT2D eigenvalue weighted by Gasteiger charge is 2.37. The van der Waals surface area contributed by atoms with E-state index in [9.17, 15) is 0 Å². The Labute approximate surface area is 227 Å². The van der Waals surface area contributed by atoms with Crippen LogP contribution in [0.2, 0.25) is 0 Å². The number of para-hydroxylation sites is 1. The highest BCUT2D eigenvalue weighted by molar-refractivity contribution is 6.09. The Morgan fingerprint density at radius 3 is 2.13 bits per heavy atom. The van der Waals surface area contributed by atoms with E-state index >= 15 is 0 Å². The van der Waals surface area contributed by atoms with Gasteiger partial charge in [-0.3, -0.25) is 0 Å². The summed E-state index contributed by atoms with van der Waals surface area (Å²) >= 11 is 0. The third-order valence-electron chi connectivity index (χ3n) is 8.47. The number of rotatable bonds is 2. The molecule has 8 rings (SSSR count). The van der Waals surface area contributed by atoms with Crippen molar-refractivity contribution in [1.29, 1.82) is 0 Å². The predicted octanol–water partition coefficient (Wildman–Crippen LogP) is 9.58. The van der Waals surface area contributed by atoms with E-state index in [4.69, 9.17) is 9.97 Å². The highest BCUT2D eigenvalue weighted by Crippen LogP contribution is 2.51. The molecule has 1 heterocycles. The van der Waals surface area contributed by atoms with Crippen LogP contribution in [0.25, 0.3) is 66.2 Å². The Bertz CT molecular complexity index is 2100. The lowest BCUT2D eigenvalue weighted by molar-refractivity contribution is 0.660. The third-order valence-corrected chi connectivity index (χ3v) is 8.47. The van der Waals surface area contributed by atoms with Crippen molar-refractivity contribution in [2.45, 2.75) is 19.3 Å². The molecule has 0 fully saturated rings. The van der Waals surface area contributed by atoms with Gasteiger partial charge in [0.2, 0.25) is 0 Å². The fourth-order valence-electron chi connectivity index (χ4n) is 6.52. The summed E-state index contributed by atoms with van der Waals surface area (Å²) in [6, 6.07) is 43.4. The average molecular weight is 499 g/mol. The summed E-state index contributed by atoms with van der Waals surface area (Å²) in [5, 5.41) is 6.07. The van der Waals surface area contributed by atoms with Crippen LogP contribution in [0.15, 0.2) is 121 Å². The molecule has 39 heavy (non-hydrogen) atoms. The van der Waals surface area contributed by atoms with Gasteiger partial charge in [0.15, 0.2) is 5.82 Å². The molecule has 6 aromatic carbocycles. The molecule has 1 aromatic heterocycles. The van der Waals surface area contributed by atoms with Gasteiger partial charge in [0.1, 0.15) is 0 Å². The molecule has 0 spiro atoms. The van der Waals surface area contributed by atoms with Crippen molar-refractivity contribution in [2.75, 3.05) is 0 Å². The number of hydrogen-bond donors (Lipinski definition) is 0. The topological polar surface area (TPSA) is 25.8 Å². The molecule has 0 saturated heterocycles. The van der Waals surface area contributed by atoms with Crippen molar-refractivity contribution >= 4 is 32.4 Å². The van der Waals surface area contributed by atoms with Crippen LogP contribution in [-0.2, 0) is 5.41 Å². The maximum Gasteiger partial charge on any atom is 0.161 e. The van der Waals surface area contributed by atoms with E-state index in [0.717, 1.165) is 33.5 Å². The van der Waals surface area contributed by atoms with Crippen LogP contribution in [-0.4, -0.2) is 9.97 Å². The van der Waals surface area contributed by atoms with Crippen molar-refractivity contribution in [1.82, 2.24) is 9.97 Å². The number of aromatic nitrogens is 2. The minimum absolute atomic E-state index is 0.0667. The Morgan fingerprint density at radius 1 is 0.513 bits per heavy atom. The Hall–Kier alpha value is -4.82. The Kier molecular flexibility index (Phi) is 4.60. The summed E-state index contributed by atoms with van der Waals surface area (Å²) < 4.78 is 0. The zero-order chi connectivity index (χ0) is 26.1. The molecule has 2 nitrogen and oxygen atoms in total. The monoisotopic (exact) mass is 498 g/mol. The van der Waals surface area contributed by atoms with E-state index in [1.54, 1.807) is 0 Å². The molecule has 0 radical (unpaired) electrons. The normalized spacial score (nSPS) is 13.6. The van der Waals surface area contributed by atoms with E-state index in [0.29, 0.717) is 0 Å². The van der Waals surface area contributed by atoms with Crippen molar-refractivity contribution in [3.05, 3.63) is 132 Å². The summed E-state index contributed by atoms with van der Waals surface area (Å²) in [6.45, 7) is 4.62. The van der Waals surface area contributed by atoms with Gasteiger partial charge in [-0.2, -0.15) is 0 Å². The first-order valence-corrected chi connectivity index (χ1v) is 13.5. The van der Waals surface area contributed by atoms with Crippen LogP contribution < -0.4 is 0 Å². The number of hydrogen-bond acceptors (Lipinski definition) is 2. The van der Waals surface area contributed by atoms with E-state index in [1.807, 2.05) is 0 Å². The second kappa shape index (κ2) is 8.09. The third kappa shape index (κ3) is 3.21. The second-order valence-corrected chi connectivity index (χ2v) is 11.0. The van der Waals surface area contributed by atoms with E-state index < -0.39 is 0 Å². The first-order valence-electron chi connectivity index (χ1n) is 13.5. The molecule has 0 saturated carbocycles. The lowest BCUT2D eigenvalue weighted by atomic mass is 9.82. The molecule has 0 unspecified atom stereocenters. The van der Waals surface area contributed by atoms with Crippen molar-refractivity contribution in [3.63, 3.8) is 0 Å². The Morgan fingerprint density at radius 2 is 1.21 bits per heavy atom. The fourth-order valence-corrected chi connectivity index (χ4v) is 6.52. The molecule has 7 aromatic rings. The fraction of sp³-hybridized carbons (Fsp3) is 0.0811. The highest BCUT2D eigenvalue weighted by atomic mass is 14.9. The van der Waals surface area contributed by atoms with Gasteiger partial charge in [-0.05, 0) is 55.9 Å². The van der Waals surface area contributed by atoms with Gasteiger partial charge in [0, 0.05) is 21.9 Å². The van der Waals surface area contributed by atoms with Crippen molar-refractivity contribution in [2.24, 2.45) is 0 Å². The minimum atomic E-state index is -0.0667. The molecule has 0 N–H and O–H groups in total. The molecule has 0 aliphatic heterocycles. The lowest BCUT2D eigenvalue weighted by Crippen LogP contribution is -2.14. The van der Waals surface area contributed by atoms with Gasteiger partial charge in [-0.25, -0.2) is 9.97 Å². The average Bonchev–Trinajstić information content (AvgIpc) is 3.23. The maximum absolute atomic E-state index is 5.30. The van der Waals surface area contributed by atoms with Gasteiger partial charge in [-0.1, -0.05) is 123 Å². The van der Waals surface area contributed by atoms with Crippen molar-refractivity contribution in [3.8, 4) is 33.8 Å². The van der Waals surface area contributed by atoms with Crippen LogP contribution >= 0.6 is 0 Å². The smallest absolute Gasteiger partial charge is 0.161 e. The number of benzene rings is 6. The van der Waals surface area contributed by atoms with E-state index in [-0.39, 0.29) is 5.41 Å². The van der Waals surface area contributed by atoms with Crippen molar-refractivity contribution < 1.29 is 0 Å². The molecule has 1 aliphatic carbocycles. The number of fused-ring (bicyclic) bond motifs is 7. The summed E-state index contributed by atoms with van der Waals surface area (Å²) in [5.74, 6) is 0.770. The summed E-state index contributed by atoms with van der Waals surface area (Å²) in [7, 11) is 0. The van der Waals surface area contributed by atoms with Crippen LogP contribution in [0.3, 0.4) is 0 Å². The quantitative estimate of drug-likeness (QED) is 0.222. The Balaban J connectivity index is 1.39. The van der Waals surface area contributed by atoms with Crippen LogP contribution in [0.1, 0.15) is 25.0 Å². The predicted molar refractivity (Wildman–Crippen MR) is 163 cm³/mol.